The predicted molar refractivity (Wildman–Crippen MR) is 73.6 cm³/mol. The van der Waals surface area contributed by atoms with Gasteiger partial charge in [-0.15, -0.1) is 0 Å². The number of benzene rings is 1. The summed E-state index contributed by atoms with van der Waals surface area (Å²) in [5.74, 6) is 7.16. The summed E-state index contributed by atoms with van der Waals surface area (Å²) in [5, 5.41) is 9.32. The third-order valence-corrected chi connectivity index (χ3v) is 3.45. The number of phenolic OH excluding ortho intramolecular Hbond substituents is 1. The maximum atomic E-state index is 9.32. The van der Waals surface area contributed by atoms with Crippen molar-refractivity contribution < 1.29 is 5.11 Å². The molecular weight excluding hydrogens is 240 g/mol. The Hall–Kier alpha value is -2.14. The average Bonchev–Trinajstić information content (AvgIpc) is 2.47. The Morgan fingerprint density at radius 1 is 1.05 bits per heavy atom. The Labute approximate surface area is 111 Å². The van der Waals surface area contributed by atoms with E-state index in [2.05, 4.69) is 15.4 Å². The molecule has 0 radical (unpaired) electrons. The maximum Gasteiger partial charge on any atom is 0.161 e. The lowest BCUT2D eigenvalue weighted by molar-refractivity contribution is 0.475. The number of hydrazine groups is 1. The van der Waals surface area contributed by atoms with Crippen molar-refractivity contribution in [2.75, 3.05) is 5.43 Å². The van der Waals surface area contributed by atoms with Crippen molar-refractivity contribution in [1.82, 2.24) is 9.97 Å². The van der Waals surface area contributed by atoms with E-state index in [0.717, 1.165) is 42.5 Å². The molecule has 4 N–H and O–H groups in total. The standard InChI is InChI=1S/C14H16N4O/c15-18-14-11-3-1-2-4-12(11)16-13(17-14)9-5-7-10(19)8-6-9/h5-8,19H,1-4,15H2,(H,16,17,18). The number of anilines is 1. The number of nitrogens with two attached hydrogens (primary N) is 1. The van der Waals surface area contributed by atoms with Gasteiger partial charge in [-0.3, -0.25) is 0 Å². The van der Waals surface area contributed by atoms with Gasteiger partial charge in [-0.05, 0) is 49.9 Å². The predicted octanol–water partition coefficient (Wildman–Crippen LogP) is 2.01. The number of aromatic hydroxyl groups is 1. The summed E-state index contributed by atoms with van der Waals surface area (Å²) >= 11 is 0. The molecule has 1 aromatic carbocycles. The average molecular weight is 256 g/mol. The summed E-state index contributed by atoms with van der Waals surface area (Å²) in [4.78, 5) is 9.11. The number of aryl methyl sites for hydroxylation is 1. The molecular formula is C14H16N4O. The normalized spacial score (nSPS) is 13.9. The fraction of sp³-hybridized carbons (Fsp3) is 0.286. The van der Waals surface area contributed by atoms with Gasteiger partial charge in [-0.1, -0.05) is 0 Å². The molecule has 2 aromatic rings. The summed E-state index contributed by atoms with van der Waals surface area (Å²) in [6.45, 7) is 0. The number of nitrogen functional groups attached to an aromatic ring is 1. The zero-order valence-corrected chi connectivity index (χ0v) is 10.6. The van der Waals surface area contributed by atoms with Crippen LogP contribution in [0.3, 0.4) is 0 Å². The summed E-state index contributed by atoms with van der Waals surface area (Å²) < 4.78 is 0. The molecule has 98 valence electrons. The molecule has 1 aliphatic carbocycles. The van der Waals surface area contributed by atoms with Gasteiger partial charge in [0.25, 0.3) is 0 Å². The highest BCUT2D eigenvalue weighted by Gasteiger charge is 2.17. The van der Waals surface area contributed by atoms with Gasteiger partial charge in [0.1, 0.15) is 11.6 Å². The number of hydrogen-bond acceptors (Lipinski definition) is 5. The van der Waals surface area contributed by atoms with Crippen LogP contribution in [0.15, 0.2) is 24.3 Å². The third-order valence-electron chi connectivity index (χ3n) is 3.45. The lowest BCUT2D eigenvalue weighted by Gasteiger charge is -2.18. The molecule has 1 aliphatic rings. The van der Waals surface area contributed by atoms with Crippen molar-refractivity contribution in [2.45, 2.75) is 25.7 Å². The SMILES string of the molecule is NNc1nc(-c2ccc(O)cc2)nc2c1CCCC2. The lowest BCUT2D eigenvalue weighted by atomic mass is 9.96. The topological polar surface area (TPSA) is 84.1 Å². The molecule has 0 amide bonds. The molecule has 0 saturated heterocycles. The Bertz CT molecular complexity index is 578. The van der Waals surface area contributed by atoms with E-state index in [1.165, 1.54) is 0 Å². The monoisotopic (exact) mass is 256 g/mol. The Kier molecular flexibility index (Phi) is 3.05. The minimum absolute atomic E-state index is 0.235. The zero-order valence-electron chi connectivity index (χ0n) is 10.6. The van der Waals surface area contributed by atoms with Gasteiger partial charge in [0.05, 0.1) is 0 Å². The molecule has 0 spiro atoms. The van der Waals surface area contributed by atoms with E-state index >= 15 is 0 Å². The summed E-state index contributed by atoms with van der Waals surface area (Å²) in [6, 6.07) is 6.88. The van der Waals surface area contributed by atoms with Gasteiger partial charge in [-0.2, -0.15) is 0 Å². The fourth-order valence-corrected chi connectivity index (χ4v) is 2.45. The Balaban J connectivity index is 2.09. The number of nitrogens with one attached hydrogen (secondary N) is 1. The van der Waals surface area contributed by atoms with Gasteiger partial charge in [0, 0.05) is 16.8 Å². The molecule has 0 fully saturated rings. The molecule has 19 heavy (non-hydrogen) atoms. The molecule has 1 heterocycles. The molecule has 0 aliphatic heterocycles. The van der Waals surface area contributed by atoms with Gasteiger partial charge >= 0.3 is 0 Å². The van der Waals surface area contributed by atoms with Crippen LogP contribution in [-0.2, 0) is 12.8 Å². The van der Waals surface area contributed by atoms with Crippen LogP contribution in [0.2, 0.25) is 0 Å². The first-order valence-corrected chi connectivity index (χ1v) is 6.44. The number of fused-ring (bicyclic) bond motifs is 1. The van der Waals surface area contributed by atoms with E-state index in [4.69, 9.17) is 5.84 Å². The highest BCUT2D eigenvalue weighted by atomic mass is 16.3. The van der Waals surface area contributed by atoms with E-state index in [9.17, 15) is 5.11 Å². The second-order valence-corrected chi connectivity index (χ2v) is 4.72. The van der Waals surface area contributed by atoms with Crippen LogP contribution in [0.5, 0.6) is 5.75 Å². The third kappa shape index (κ3) is 2.24. The van der Waals surface area contributed by atoms with E-state index < -0.39 is 0 Å². The summed E-state index contributed by atoms with van der Waals surface area (Å²) in [7, 11) is 0. The van der Waals surface area contributed by atoms with Crippen molar-refractivity contribution in [3.63, 3.8) is 0 Å². The van der Waals surface area contributed by atoms with Gasteiger partial charge in [-0.25, -0.2) is 15.8 Å². The first-order valence-electron chi connectivity index (χ1n) is 6.44. The molecule has 1 aromatic heterocycles. The highest BCUT2D eigenvalue weighted by Crippen LogP contribution is 2.28. The van der Waals surface area contributed by atoms with Crippen LogP contribution >= 0.6 is 0 Å². The smallest absolute Gasteiger partial charge is 0.161 e. The molecule has 0 atom stereocenters. The maximum absolute atomic E-state index is 9.32. The first-order chi connectivity index (χ1) is 9.28. The quantitative estimate of drug-likeness (QED) is 0.565. The second-order valence-electron chi connectivity index (χ2n) is 4.72. The van der Waals surface area contributed by atoms with Crippen LogP contribution in [-0.4, -0.2) is 15.1 Å². The highest BCUT2D eigenvalue weighted by molar-refractivity contribution is 5.60. The number of rotatable bonds is 2. The molecule has 0 unspecified atom stereocenters. The van der Waals surface area contributed by atoms with Crippen molar-refractivity contribution in [3.05, 3.63) is 35.5 Å². The molecule has 0 bridgehead atoms. The molecule has 5 nitrogen and oxygen atoms in total. The van der Waals surface area contributed by atoms with E-state index in [-0.39, 0.29) is 5.75 Å². The Morgan fingerprint density at radius 3 is 2.53 bits per heavy atom. The number of hydrogen-bond donors (Lipinski definition) is 3. The van der Waals surface area contributed by atoms with Crippen molar-refractivity contribution >= 4 is 5.82 Å². The largest absolute Gasteiger partial charge is 0.508 e. The Morgan fingerprint density at radius 2 is 1.79 bits per heavy atom. The van der Waals surface area contributed by atoms with Crippen molar-refractivity contribution in [1.29, 1.82) is 0 Å². The van der Waals surface area contributed by atoms with Crippen LogP contribution in [0.1, 0.15) is 24.1 Å². The first kappa shape index (κ1) is 11.9. The van der Waals surface area contributed by atoms with E-state index in [1.54, 1.807) is 24.3 Å². The van der Waals surface area contributed by atoms with E-state index in [1.807, 2.05) is 0 Å². The van der Waals surface area contributed by atoms with Crippen molar-refractivity contribution in [2.24, 2.45) is 5.84 Å². The van der Waals surface area contributed by atoms with E-state index in [0.29, 0.717) is 11.6 Å². The number of nitrogens with zero attached hydrogens (tertiary/aromatic N) is 2. The van der Waals surface area contributed by atoms with Crippen LogP contribution in [0, 0.1) is 0 Å². The molecule has 3 rings (SSSR count). The van der Waals surface area contributed by atoms with Crippen LogP contribution in [0.4, 0.5) is 5.82 Å². The lowest BCUT2D eigenvalue weighted by Crippen LogP contribution is -2.17. The van der Waals surface area contributed by atoms with Crippen molar-refractivity contribution in [3.8, 4) is 17.1 Å². The summed E-state index contributed by atoms with van der Waals surface area (Å²) in [6.07, 6.45) is 4.26. The molecule has 0 saturated carbocycles. The van der Waals surface area contributed by atoms with Gasteiger partial charge in [0.2, 0.25) is 0 Å². The minimum Gasteiger partial charge on any atom is -0.508 e. The second kappa shape index (κ2) is 4.85. The number of aromatic nitrogens is 2. The van der Waals surface area contributed by atoms with Gasteiger partial charge in [0.15, 0.2) is 5.82 Å². The van der Waals surface area contributed by atoms with Crippen LogP contribution < -0.4 is 11.3 Å². The van der Waals surface area contributed by atoms with Gasteiger partial charge < -0.3 is 10.5 Å². The fourth-order valence-electron chi connectivity index (χ4n) is 2.45. The number of phenols is 1. The van der Waals surface area contributed by atoms with Crippen LogP contribution in [0.25, 0.3) is 11.4 Å². The minimum atomic E-state index is 0.235. The summed E-state index contributed by atoms with van der Waals surface area (Å²) in [5.41, 5.74) is 5.77. The molecule has 5 heteroatoms. The zero-order chi connectivity index (χ0) is 13.2.